The van der Waals surface area contributed by atoms with Crippen LogP contribution in [0.15, 0.2) is 29.9 Å². The van der Waals surface area contributed by atoms with Gasteiger partial charge in [-0.1, -0.05) is 34.8 Å². The Morgan fingerprint density at radius 1 is 1.17 bits per heavy atom. The molecule has 0 aliphatic carbocycles. The zero-order valence-corrected chi connectivity index (χ0v) is 11.1. The van der Waals surface area contributed by atoms with Gasteiger partial charge in [-0.15, -0.1) is 0 Å². The molecule has 2 heterocycles. The van der Waals surface area contributed by atoms with Crippen molar-refractivity contribution in [2.45, 2.75) is 0 Å². The number of nitrogens with zero attached hydrogens (tertiary/aromatic N) is 4. The van der Waals surface area contributed by atoms with Gasteiger partial charge in [0.15, 0.2) is 0 Å². The third-order valence-electron chi connectivity index (χ3n) is 2.44. The Morgan fingerprint density at radius 3 is 2.72 bits per heavy atom. The van der Waals surface area contributed by atoms with Gasteiger partial charge in [0, 0.05) is 17.6 Å². The smallest absolute Gasteiger partial charge is 0.116 e. The normalized spacial score (nSPS) is 13.4. The van der Waals surface area contributed by atoms with Crippen LogP contribution in [-0.4, -0.2) is 9.66 Å². The molecule has 1 N–H and O–H groups in total. The van der Waals surface area contributed by atoms with Gasteiger partial charge in [0.1, 0.15) is 11.7 Å². The summed E-state index contributed by atoms with van der Waals surface area (Å²) in [6.07, 6.45) is 6.79. The van der Waals surface area contributed by atoms with Crippen LogP contribution >= 0.6 is 34.8 Å². The van der Waals surface area contributed by atoms with Gasteiger partial charge in [0.25, 0.3) is 0 Å². The summed E-state index contributed by atoms with van der Waals surface area (Å²) in [5.74, 6) is 0. The standard InChI is InChI=1S/C10H6Cl3N5/c11-7-3-8(12)9(13)10-6(7)4-18(16-15-10)17-2-1-14-5-17/h1-5,16H. The molecule has 1 aromatic carbocycles. The Kier molecular flexibility index (Phi) is 2.81. The number of nitrogens with one attached hydrogen (secondary N) is 1. The molecule has 5 nitrogen and oxygen atoms in total. The molecule has 18 heavy (non-hydrogen) atoms. The lowest BCUT2D eigenvalue weighted by molar-refractivity contribution is 0.572. The minimum absolute atomic E-state index is 0.366. The first-order chi connectivity index (χ1) is 8.66. The van der Waals surface area contributed by atoms with Crippen LogP contribution in [0.5, 0.6) is 0 Å². The van der Waals surface area contributed by atoms with Crippen LogP contribution in [0.2, 0.25) is 15.1 Å². The first kappa shape index (κ1) is 11.6. The zero-order valence-electron chi connectivity index (χ0n) is 8.81. The van der Waals surface area contributed by atoms with E-state index in [0.717, 1.165) is 0 Å². The third-order valence-corrected chi connectivity index (χ3v) is 3.53. The lowest BCUT2D eigenvalue weighted by Crippen LogP contribution is -2.48. The molecule has 0 saturated heterocycles. The van der Waals surface area contributed by atoms with E-state index in [2.05, 4.69) is 15.6 Å². The molecule has 3 rings (SSSR count). The lowest BCUT2D eigenvalue weighted by Gasteiger charge is -2.22. The minimum atomic E-state index is 0.366. The van der Waals surface area contributed by atoms with E-state index in [1.165, 1.54) is 0 Å². The predicted molar refractivity (Wildman–Crippen MR) is 70.3 cm³/mol. The van der Waals surface area contributed by atoms with Crippen LogP contribution in [0.4, 0.5) is 0 Å². The van der Waals surface area contributed by atoms with Crippen molar-refractivity contribution in [3.05, 3.63) is 50.4 Å². The molecule has 0 atom stereocenters. The van der Waals surface area contributed by atoms with Gasteiger partial charge in [-0.3, -0.25) is 0 Å². The number of rotatable bonds is 1. The van der Waals surface area contributed by atoms with Gasteiger partial charge in [-0.2, -0.15) is 15.8 Å². The molecule has 1 aliphatic heterocycles. The highest BCUT2D eigenvalue weighted by Crippen LogP contribution is 2.19. The van der Waals surface area contributed by atoms with E-state index in [1.807, 2.05) is 0 Å². The Hall–Kier alpha value is -1.43. The molecule has 0 bridgehead atoms. The maximum Gasteiger partial charge on any atom is 0.116 e. The number of halogens is 3. The lowest BCUT2D eigenvalue weighted by atomic mass is 10.3. The number of imidazole rings is 1. The van der Waals surface area contributed by atoms with Crippen molar-refractivity contribution in [3.63, 3.8) is 0 Å². The second-order valence-electron chi connectivity index (χ2n) is 3.54. The van der Waals surface area contributed by atoms with Crippen LogP contribution < -0.4 is 21.2 Å². The van der Waals surface area contributed by atoms with E-state index in [-0.39, 0.29) is 0 Å². The van der Waals surface area contributed by atoms with Crippen LogP contribution in [0.3, 0.4) is 0 Å². The third kappa shape index (κ3) is 1.80. The molecule has 0 saturated carbocycles. The summed E-state index contributed by atoms with van der Waals surface area (Å²) in [4.78, 5) is 3.95. The monoisotopic (exact) mass is 301 g/mol. The number of fused-ring (bicyclic) bond motifs is 1. The molecule has 0 fully saturated rings. The second kappa shape index (κ2) is 4.35. The summed E-state index contributed by atoms with van der Waals surface area (Å²) < 4.78 is 1.70. The molecule has 92 valence electrons. The van der Waals surface area contributed by atoms with Gasteiger partial charge >= 0.3 is 0 Å². The minimum Gasteiger partial charge on any atom is -0.243 e. The molecule has 8 heteroatoms. The van der Waals surface area contributed by atoms with Crippen LogP contribution in [0.1, 0.15) is 0 Å². The highest BCUT2D eigenvalue weighted by Gasteiger charge is 2.12. The van der Waals surface area contributed by atoms with Crippen LogP contribution in [-0.2, 0) is 0 Å². The van der Waals surface area contributed by atoms with E-state index in [9.17, 15) is 0 Å². The molecule has 2 aromatic rings. The average molecular weight is 303 g/mol. The Labute approximate surface area is 117 Å². The Bertz CT molecular complexity index is 710. The van der Waals surface area contributed by atoms with E-state index >= 15 is 0 Å². The van der Waals surface area contributed by atoms with Crippen molar-refractivity contribution in [2.75, 3.05) is 5.12 Å². The van der Waals surface area contributed by atoms with Gasteiger partial charge < -0.3 is 0 Å². The van der Waals surface area contributed by atoms with Gasteiger partial charge in [0.05, 0.1) is 21.3 Å². The Morgan fingerprint density at radius 2 is 2.00 bits per heavy atom. The summed E-state index contributed by atoms with van der Waals surface area (Å²) in [5, 5.41) is 8.19. The largest absolute Gasteiger partial charge is 0.243 e. The van der Waals surface area contributed by atoms with Crippen molar-refractivity contribution in [3.8, 4) is 0 Å². The maximum absolute atomic E-state index is 6.13. The SMILES string of the molecule is Clc1cc(Cl)c2c(c1Cl)=NNN(n1ccnc1)C=2. The van der Waals surface area contributed by atoms with Crippen molar-refractivity contribution >= 4 is 41.0 Å². The molecular weight excluding hydrogens is 297 g/mol. The quantitative estimate of drug-likeness (QED) is 0.807. The highest BCUT2D eigenvalue weighted by atomic mass is 35.5. The van der Waals surface area contributed by atoms with Gasteiger partial charge in [-0.05, 0) is 6.07 Å². The van der Waals surface area contributed by atoms with E-state index in [4.69, 9.17) is 34.8 Å². The molecular formula is C10H6Cl3N5. The predicted octanol–water partition coefficient (Wildman–Crippen LogP) is 1.27. The van der Waals surface area contributed by atoms with E-state index in [0.29, 0.717) is 25.6 Å². The first-order valence-electron chi connectivity index (χ1n) is 4.93. The maximum atomic E-state index is 6.13. The van der Waals surface area contributed by atoms with Crippen molar-refractivity contribution in [1.82, 2.24) is 15.2 Å². The van der Waals surface area contributed by atoms with Crippen molar-refractivity contribution in [1.29, 1.82) is 0 Å². The van der Waals surface area contributed by atoms with Gasteiger partial charge in [0.2, 0.25) is 0 Å². The molecule has 0 unspecified atom stereocenters. The molecule has 0 spiro atoms. The fourth-order valence-corrected chi connectivity index (χ4v) is 2.28. The number of benzene rings is 1. The Balaban J connectivity index is 2.22. The highest BCUT2D eigenvalue weighted by molar-refractivity contribution is 6.43. The molecule has 0 amide bonds. The number of hydrogen-bond donors (Lipinski definition) is 1. The molecule has 1 aromatic heterocycles. The van der Waals surface area contributed by atoms with Crippen LogP contribution in [0, 0.1) is 0 Å². The molecule has 0 radical (unpaired) electrons. The van der Waals surface area contributed by atoms with Crippen LogP contribution in [0.25, 0.3) is 6.20 Å². The summed E-state index contributed by atoms with van der Waals surface area (Å²) in [6, 6.07) is 1.59. The number of hydrogen-bond acceptors (Lipinski definition) is 4. The second-order valence-corrected chi connectivity index (χ2v) is 4.74. The zero-order chi connectivity index (χ0) is 12.7. The van der Waals surface area contributed by atoms with Crippen molar-refractivity contribution < 1.29 is 0 Å². The molecule has 1 aliphatic rings. The average Bonchev–Trinajstić information content (AvgIpc) is 2.89. The topological polar surface area (TPSA) is 45.5 Å². The summed E-state index contributed by atoms with van der Waals surface area (Å²) in [6.45, 7) is 0. The summed E-state index contributed by atoms with van der Waals surface area (Å²) >= 11 is 18.1. The van der Waals surface area contributed by atoms with Crippen molar-refractivity contribution in [2.24, 2.45) is 5.10 Å². The first-order valence-corrected chi connectivity index (χ1v) is 6.06. The summed E-state index contributed by atoms with van der Waals surface area (Å²) in [7, 11) is 0. The fraction of sp³-hybridized carbons (Fsp3) is 0. The van der Waals surface area contributed by atoms with Gasteiger partial charge in [-0.25, -0.2) is 9.66 Å². The van der Waals surface area contributed by atoms with E-state index < -0.39 is 0 Å². The number of hydrazine groups is 1. The fourth-order valence-electron chi connectivity index (χ4n) is 1.58. The number of aromatic nitrogens is 2. The van der Waals surface area contributed by atoms with E-state index in [1.54, 1.807) is 40.8 Å². The summed E-state index contributed by atoms with van der Waals surface area (Å²) in [5.41, 5.74) is 2.80.